The molecule has 0 aliphatic heterocycles. The second kappa shape index (κ2) is 18.0. The summed E-state index contributed by atoms with van der Waals surface area (Å²) >= 11 is 0. The number of rotatable bonds is 10. The Kier molecular flexibility index (Phi) is 8.35. The van der Waals surface area contributed by atoms with Gasteiger partial charge in [-0.1, -0.05) is 178 Å². The van der Waals surface area contributed by atoms with E-state index in [2.05, 4.69) is 119 Å². The van der Waals surface area contributed by atoms with Crippen LogP contribution in [0, 0.1) is 0 Å². The molecule has 0 atom stereocenters. The second-order valence-corrected chi connectivity index (χ2v) is 19.8. The maximum absolute atomic E-state index is 9.14. The number of hydrogen-bond donors (Lipinski definition) is 2. The lowest BCUT2D eigenvalue weighted by Crippen LogP contribution is -2.12. The van der Waals surface area contributed by atoms with Crippen molar-refractivity contribution in [2.45, 2.75) is 26.2 Å². The Hall–Kier alpha value is -9.85. The number of pyridine rings is 1. The van der Waals surface area contributed by atoms with Crippen LogP contribution < -0.4 is 15.4 Å². The Morgan fingerprint density at radius 1 is 0.487 bits per heavy atom. The summed E-state index contributed by atoms with van der Waals surface area (Å²) in [6.07, 6.45) is 1.87. The van der Waals surface area contributed by atoms with Gasteiger partial charge in [0, 0.05) is 73.5 Å². The minimum Gasteiger partial charge on any atom is -0.456 e. The van der Waals surface area contributed by atoms with Crippen LogP contribution in [0.3, 0.4) is 0 Å². The predicted molar refractivity (Wildman–Crippen MR) is 316 cm³/mol. The summed E-state index contributed by atoms with van der Waals surface area (Å²) in [6, 6.07) is 51.8. The van der Waals surface area contributed by atoms with Gasteiger partial charge < -0.3 is 24.4 Å². The summed E-state index contributed by atoms with van der Waals surface area (Å²) in [5.41, 5.74) is 8.32. The standard InChI is InChI=1S/C69H51N5O2/c1-69(2,3)46-36-37-70-67(38-46)74-61-34-16-12-28-53(61)55-41-63(73-59-32-14-10-26-51(59)52-27-11-15-33-60(52)73)66(43-62(55)74)75-48-25-18-24-47(39-48)71-58-42-65-56(54-29-13-17-35-64(54)76-65)40-57(58)72-68-49(44-20-6-4-7-21-44)30-19-31-50(68)45-22-8-5-9-23-45/h4-43,71-72H,1-3H3/i4D,5D,6D,7D,8D,9D,20D,21D,22D,23D. The highest BCUT2D eigenvalue weighted by molar-refractivity contribution is 6.13. The topological polar surface area (TPSA) is 69.2 Å². The van der Waals surface area contributed by atoms with E-state index in [1.165, 1.54) is 0 Å². The number of fused-ring (bicyclic) bond motifs is 9. The first-order valence-electron chi connectivity index (χ1n) is 30.0. The molecule has 0 amide bonds. The molecule has 76 heavy (non-hydrogen) atoms. The summed E-state index contributed by atoms with van der Waals surface area (Å²) < 4.78 is 106. The summed E-state index contributed by atoms with van der Waals surface area (Å²) in [4.78, 5) is 4.97. The van der Waals surface area contributed by atoms with Gasteiger partial charge in [-0.15, -0.1) is 0 Å². The van der Waals surface area contributed by atoms with E-state index in [-0.39, 0.29) is 33.4 Å². The molecule has 364 valence electrons. The van der Waals surface area contributed by atoms with Crippen molar-refractivity contribution in [3.63, 3.8) is 0 Å². The highest BCUT2D eigenvalue weighted by Gasteiger charge is 2.24. The number of anilines is 4. The van der Waals surface area contributed by atoms with Crippen molar-refractivity contribution in [3.05, 3.63) is 248 Å². The van der Waals surface area contributed by atoms with Crippen molar-refractivity contribution in [2.75, 3.05) is 10.6 Å². The lowest BCUT2D eigenvalue weighted by Gasteiger charge is -2.21. The largest absolute Gasteiger partial charge is 0.456 e. The first-order valence-corrected chi connectivity index (χ1v) is 25.0. The predicted octanol–water partition coefficient (Wildman–Crippen LogP) is 19.1. The number of furan rings is 1. The Labute approximate surface area is 453 Å². The highest BCUT2D eigenvalue weighted by Crippen LogP contribution is 2.46. The third kappa shape index (κ3) is 7.71. The maximum atomic E-state index is 9.14. The fourth-order valence-electron chi connectivity index (χ4n) is 10.6. The normalized spacial score (nSPS) is 13.7. The van der Waals surface area contributed by atoms with Crippen LogP contribution in [0.5, 0.6) is 11.5 Å². The van der Waals surface area contributed by atoms with Gasteiger partial charge in [0.25, 0.3) is 0 Å². The number of aromatic nitrogens is 3. The molecule has 0 unspecified atom stereocenters. The van der Waals surface area contributed by atoms with Crippen molar-refractivity contribution in [3.8, 4) is 45.3 Å². The van der Waals surface area contributed by atoms with Crippen molar-refractivity contribution < 1.29 is 22.9 Å². The number of nitrogens with one attached hydrogen (secondary N) is 2. The molecular weight excluding hydrogens is 931 g/mol. The van der Waals surface area contributed by atoms with Gasteiger partial charge in [-0.2, -0.15) is 0 Å². The monoisotopic (exact) mass is 991 g/mol. The average molecular weight is 992 g/mol. The molecular formula is C69H51N5O2. The Bertz CT molecular complexity index is 4980. The first kappa shape index (κ1) is 35.3. The maximum Gasteiger partial charge on any atom is 0.153 e. The Morgan fingerprint density at radius 2 is 1.08 bits per heavy atom. The molecule has 0 aliphatic rings. The van der Waals surface area contributed by atoms with Crippen molar-refractivity contribution in [1.29, 1.82) is 0 Å². The second-order valence-electron chi connectivity index (χ2n) is 19.8. The van der Waals surface area contributed by atoms with E-state index in [4.69, 9.17) is 27.8 Å². The van der Waals surface area contributed by atoms with Crippen molar-refractivity contribution in [2.24, 2.45) is 0 Å². The minimum absolute atomic E-state index is 0.113. The number of benzene rings is 10. The van der Waals surface area contributed by atoms with Gasteiger partial charge in [-0.3, -0.25) is 4.57 Å². The molecule has 0 saturated heterocycles. The van der Waals surface area contributed by atoms with Gasteiger partial charge in [0.05, 0.1) is 58.5 Å². The van der Waals surface area contributed by atoms with E-state index < -0.39 is 60.4 Å². The molecule has 0 saturated carbocycles. The zero-order valence-corrected chi connectivity index (χ0v) is 41.5. The summed E-state index contributed by atoms with van der Waals surface area (Å²) in [6.45, 7) is 6.57. The first-order chi connectivity index (χ1) is 41.4. The lowest BCUT2D eigenvalue weighted by atomic mass is 9.88. The Morgan fingerprint density at radius 3 is 1.75 bits per heavy atom. The quantitative estimate of drug-likeness (QED) is 0.143. The van der Waals surface area contributed by atoms with E-state index in [0.717, 1.165) is 66.1 Å². The molecule has 4 aromatic heterocycles. The van der Waals surface area contributed by atoms with Gasteiger partial charge in [0.15, 0.2) is 5.75 Å². The number of hydrogen-bond acceptors (Lipinski definition) is 5. The molecule has 14 aromatic rings. The molecule has 7 nitrogen and oxygen atoms in total. The SMILES string of the molecule is [2H]c1c([2H])c([2H])c(-c2cccc(-c3c([2H])c([2H])c([2H])c([2H])c3[2H])c2Nc2cc3c(cc2Nc2cccc(Oc4cc5c(cc4-n4c6ccccc6c6ccccc64)c4ccccc4n5-c4cc(C(C)(C)C)ccn4)c2)oc2ccccc23)c([2H])c1[2H]. The van der Waals surface area contributed by atoms with E-state index in [0.29, 0.717) is 45.1 Å². The Balaban J connectivity index is 0.958. The van der Waals surface area contributed by atoms with E-state index in [1.807, 2.05) is 85.1 Å². The third-order valence-electron chi connectivity index (χ3n) is 14.1. The fourth-order valence-corrected chi connectivity index (χ4v) is 10.6. The molecule has 14 rings (SSSR count). The average Bonchev–Trinajstić information content (AvgIpc) is 1.63. The number of para-hydroxylation sites is 5. The molecule has 0 fully saturated rings. The number of nitrogens with zero attached hydrogens (tertiary/aromatic N) is 3. The van der Waals surface area contributed by atoms with Crippen molar-refractivity contribution >= 4 is 88.3 Å². The molecule has 7 heteroatoms. The van der Waals surface area contributed by atoms with Gasteiger partial charge in [0.2, 0.25) is 0 Å². The zero-order valence-electron chi connectivity index (χ0n) is 51.5. The molecule has 0 aliphatic carbocycles. The van der Waals surface area contributed by atoms with Crippen LogP contribution in [0.25, 0.3) is 99.3 Å². The van der Waals surface area contributed by atoms with Gasteiger partial charge in [-0.25, -0.2) is 4.98 Å². The minimum atomic E-state index is -0.583. The lowest BCUT2D eigenvalue weighted by molar-refractivity contribution is 0.481. The third-order valence-corrected chi connectivity index (χ3v) is 14.1. The van der Waals surface area contributed by atoms with E-state index >= 15 is 0 Å². The molecule has 0 bridgehead atoms. The van der Waals surface area contributed by atoms with Gasteiger partial charge in [0.1, 0.15) is 22.7 Å². The summed E-state index contributed by atoms with van der Waals surface area (Å²) in [5.74, 6) is 1.82. The van der Waals surface area contributed by atoms with E-state index in [1.54, 1.807) is 18.2 Å². The van der Waals surface area contributed by atoms with Crippen LogP contribution in [0.4, 0.5) is 22.7 Å². The highest BCUT2D eigenvalue weighted by atomic mass is 16.5. The molecule has 0 spiro atoms. The molecule has 10 aromatic carbocycles. The molecule has 0 radical (unpaired) electrons. The van der Waals surface area contributed by atoms with Crippen LogP contribution in [0.1, 0.15) is 40.0 Å². The summed E-state index contributed by atoms with van der Waals surface area (Å²) in [5, 5.41) is 12.9. The zero-order chi connectivity index (χ0) is 59.6. The van der Waals surface area contributed by atoms with Crippen LogP contribution in [-0.2, 0) is 5.41 Å². The van der Waals surface area contributed by atoms with Gasteiger partial charge >= 0.3 is 0 Å². The number of ether oxygens (including phenoxy) is 1. The molecule has 2 N–H and O–H groups in total. The van der Waals surface area contributed by atoms with E-state index in [9.17, 15) is 0 Å². The van der Waals surface area contributed by atoms with Crippen LogP contribution in [-0.4, -0.2) is 14.1 Å². The van der Waals surface area contributed by atoms with Crippen molar-refractivity contribution in [1.82, 2.24) is 14.1 Å². The van der Waals surface area contributed by atoms with Crippen LogP contribution in [0.15, 0.2) is 247 Å². The smallest absolute Gasteiger partial charge is 0.153 e. The fraction of sp³-hybridized carbons (Fsp3) is 0.0580. The van der Waals surface area contributed by atoms with Crippen LogP contribution in [0.2, 0.25) is 0 Å². The van der Waals surface area contributed by atoms with Gasteiger partial charge in [-0.05, 0) is 82.8 Å². The molecule has 4 heterocycles. The van der Waals surface area contributed by atoms with Crippen LogP contribution >= 0.6 is 0 Å². The summed E-state index contributed by atoms with van der Waals surface area (Å²) in [7, 11) is 0.